The first-order valence-corrected chi connectivity index (χ1v) is 15.3. The van der Waals surface area contributed by atoms with Crippen LogP contribution in [0.15, 0.2) is 0 Å². The minimum atomic E-state index is -2.47. The van der Waals surface area contributed by atoms with E-state index in [9.17, 15) is 8.92 Å². The summed E-state index contributed by atoms with van der Waals surface area (Å²) in [5, 5.41) is 0. The maximum atomic E-state index is 11.2. The first kappa shape index (κ1) is 16.6. The third-order valence-electron chi connectivity index (χ3n) is 4.09. The molecule has 0 N–H and O–H groups in total. The zero-order valence-electron chi connectivity index (χ0n) is 12.3. The zero-order chi connectivity index (χ0) is 14.8. The number of fused-ring (bicyclic) bond motifs is 1. The first-order valence-electron chi connectivity index (χ1n) is 7.17. The molecule has 1 saturated carbocycles. The molecule has 0 spiro atoms. The molecule has 1 aliphatic carbocycles. The van der Waals surface area contributed by atoms with Crippen LogP contribution in [0.5, 0.6) is 0 Å². The number of epoxide rings is 1. The van der Waals surface area contributed by atoms with Gasteiger partial charge in [-0.25, -0.2) is 0 Å². The summed E-state index contributed by atoms with van der Waals surface area (Å²) in [6.45, 7) is 5.79. The smallest absolute Gasteiger partial charge is 0.556 e. The van der Waals surface area contributed by atoms with Gasteiger partial charge in [0.25, 0.3) is 0 Å². The molecule has 2 rings (SSSR count). The number of rotatable bonds is 8. The Balaban J connectivity index is 1.86. The molecule has 0 aromatic rings. The van der Waals surface area contributed by atoms with Crippen molar-refractivity contribution >= 4 is 35.0 Å². The predicted octanol–water partition coefficient (Wildman–Crippen LogP) is 1.77. The molecule has 2 radical (unpaired) electrons. The van der Waals surface area contributed by atoms with E-state index in [1.165, 1.54) is 12.8 Å². The summed E-state index contributed by atoms with van der Waals surface area (Å²) in [7, 11) is -5.88. The number of hydrogen-bond donors (Lipinski definition) is 0. The average Bonchev–Trinajstić information content (AvgIpc) is 3.14. The van der Waals surface area contributed by atoms with Crippen LogP contribution >= 0.6 is 0 Å². The Labute approximate surface area is 126 Å². The predicted molar refractivity (Wildman–Crippen MR) is 79.6 cm³/mol. The van der Waals surface area contributed by atoms with Crippen LogP contribution in [0.2, 0.25) is 25.7 Å². The fourth-order valence-corrected chi connectivity index (χ4v) is 12.8. The highest BCUT2D eigenvalue weighted by Crippen LogP contribution is 2.41. The van der Waals surface area contributed by atoms with Gasteiger partial charge in [0.05, 0.1) is 12.2 Å². The Kier molecular flexibility index (Phi) is 5.40. The Bertz CT molecular complexity index is 380. The number of hydrogen-bond acceptors (Lipinski definition) is 5. The van der Waals surface area contributed by atoms with E-state index >= 15 is 0 Å². The summed E-state index contributed by atoms with van der Waals surface area (Å²) in [5.41, 5.74) is 0. The minimum absolute atomic E-state index is 0.422. The molecule has 1 aliphatic heterocycles. The van der Waals surface area contributed by atoms with Crippen LogP contribution in [0.3, 0.4) is 0 Å². The molecule has 0 aromatic heterocycles. The maximum absolute atomic E-state index is 11.2. The monoisotopic (exact) mass is 346 g/mol. The SMILES string of the molecule is C[Si](CCC1CCC2OC2C1)(O[Si]=O)O[Si](C)(C)[Si]=O. The van der Waals surface area contributed by atoms with Gasteiger partial charge in [-0.15, -0.1) is 0 Å². The van der Waals surface area contributed by atoms with Crippen molar-refractivity contribution in [2.24, 2.45) is 5.92 Å². The van der Waals surface area contributed by atoms with Gasteiger partial charge in [-0.1, -0.05) is 0 Å². The highest BCUT2D eigenvalue weighted by atomic mass is 29.2. The molecule has 0 aromatic carbocycles. The molecule has 20 heavy (non-hydrogen) atoms. The van der Waals surface area contributed by atoms with Crippen LogP contribution < -0.4 is 0 Å². The van der Waals surface area contributed by atoms with Crippen molar-refractivity contribution in [3.05, 3.63) is 0 Å². The molecule has 0 amide bonds. The molecule has 2 aliphatic rings. The van der Waals surface area contributed by atoms with E-state index < -0.39 is 35.0 Å². The molecular formula is C11H22O5Si4. The Morgan fingerprint density at radius 1 is 1.20 bits per heavy atom. The van der Waals surface area contributed by atoms with Crippen LogP contribution in [0.1, 0.15) is 25.7 Å². The van der Waals surface area contributed by atoms with E-state index in [0.29, 0.717) is 18.1 Å². The summed E-state index contributed by atoms with van der Waals surface area (Å²) in [6, 6.07) is 0.825. The second kappa shape index (κ2) is 6.53. The molecule has 1 heterocycles. The highest BCUT2D eigenvalue weighted by Gasteiger charge is 2.45. The average molecular weight is 347 g/mol. The molecular weight excluding hydrogens is 324 g/mol. The van der Waals surface area contributed by atoms with E-state index in [1.807, 2.05) is 19.6 Å². The van der Waals surface area contributed by atoms with Crippen LogP contribution in [0.4, 0.5) is 0 Å². The van der Waals surface area contributed by atoms with Crippen LogP contribution in [0, 0.1) is 5.92 Å². The van der Waals surface area contributed by atoms with Crippen molar-refractivity contribution in [2.45, 2.75) is 63.6 Å². The standard InChI is InChI=1S/C11H22O5Si4/c1-19(2,18-13)16-20(3,15-17-12)7-6-9-4-5-10-11(8-9)14-10/h9-11H,4-8H2,1-3H3. The lowest BCUT2D eigenvalue weighted by Crippen LogP contribution is -2.50. The topological polar surface area (TPSA) is 65.1 Å². The summed E-state index contributed by atoms with van der Waals surface area (Å²) < 4.78 is 39.2. The van der Waals surface area contributed by atoms with Gasteiger partial charge in [-0.2, -0.15) is 0 Å². The second-order valence-electron chi connectivity index (χ2n) is 6.46. The van der Waals surface area contributed by atoms with E-state index in [0.717, 1.165) is 18.9 Å². The fraction of sp³-hybridized carbons (Fsp3) is 1.00. The second-order valence-corrected chi connectivity index (χ2v) is 18.5. The van der Waals surface area contributed by atoms with Crippen molar-refractivity contribution < 1.29 is 21.9 Å². The summed E-state index contributed by atoms with van der Waals surface area (Å²) in [5.74, 6) is 0.659. The third kappa shape index (κ3) is 4.60. The molecule has 2 fully saturated rings. The third-order valence-corrected chi connectivity index (χ3v) is 14.0. The zero-order valence-corrected chi connectivity index (χ0v) is 16.3. The summed E-state index contributed by atoms with van der Waals surface area (Å²) in [6.07, 6.45) is 5.55. The van der Waals surface area contributed by atoms with Gasteiger partial charge >= 0.3 is 27.1 Å². The molecule has 1 saturated heterocycles. The lowest BCUT2D eigenvalue weighted by molar-refractivity contribution is 0.338. The lowest BCUT2D eigenvalue weighted by atomic mass is 9.88. The van der Waals surface area contributed by atoms with E-state index in [2.05, 4.69) is 0 Å². The Hall–Kier alpha value is 0.188. The molecule has 9 heteroatoms. The molecule has 4 unspecified atom stereocenters. The molecule has 4 atom stereocenters. The molecule has 5 nitrogen and oxygen atoms in total. The van der Waals surface area contributed by atoms with E-state index in [1.54, 1.807) is 0 Å². The summed E-state index contributed by atoms with van der Waals surface area (Å²) >= 11 is 0. The van der Waals surface area contributed by atoms with Gasteiger partial charge in [0, 0.05) is 6.04 Å². The van der Waals surface area contributed by atoms with Crippen LogP contribution in [0.25, 0.3) is 0 Å². The first-order chi connectivity index (χ1) is 9.37. The van der Waals surface area contributed by atoms with Crippen molar-refractivity contribution in [2.75, 3.05) is 0 Å². The number of ether oxygens (including phenoxy) is 1. The normalized spacial score (nSPS) is 31.9. The molecule has 112 valence electrons. The van der Waals surface area contributed by atoms with Gasteiger partial charge in [-0.05, 0) is 51.2 Å². The molecule has 0 bridgehead atoms. The largest absolute Gasteiger partial charge is 0.580 e. The fourth-order valence-electron chi connectivity index (χ4n) is 2.99. The summed E-state index contributed by atoms with van der Waals surface area (Å²) in [4.78, 5) is 0. The minimum Gasteiger partial charge on any atom is -0.556 e. The van der Waals surface area contributed by atoms with Gasteiger partial charge < -0.3 is 21.9 Å². The van der Waals surface area contributed by atoms with Crippen molar-refractivity contribution in [3.63, 3.8) is 0 Å². The van der Waals surface area contributed by atoms with Gasteiger partial charge in [0.15, 0.2) is 0 Å². The van der Waals surface area contributed by atoms with Gasteiger partial charge in [-0.3, -0.25) is 0 Å². The van der Waals surface area contributed by atoms with Gasteiger partial charge in [0.1, 0.15) is 0 Å². The van der Waals surface area contributed by atoms with Crippen LogP contribution in [-0.4, -0.2) is 47.2 Å². The van der Waals surface area contributed by atoms with Crippen molar-refractivity contribution in [1.29, 1.82) is 0 Å². The Morgan fingerprint density at radius 2 is 1.95 bits per heavy atom. The van der Waals surface area contributed by atoms with Crippen molar-refractivity contribution in [1.82, 2.24) is 0 Å². The van der Waals surface area contributed by atoms with Crippen molar-refractivity contribution in [3.8, 4) is 0 Å². The Morgan fingerprint density at radius 3 is 2.55 bits per heavy atom. The van der Waals surface area contributed by atoms with E-state index in [4.69, 9.17) is 13.0 Å². The highest BCUT2D eigenvalue weighted by molar-refractivity contribution is 7.16. The van der Waals surface area contributed by atoms with E-state index in [-0.39, 0.29) is 0 Å². The lowest BCUT2D eigenvalue weighted by Gasteiger charge is -2.32. The van der Waals surface area contributed by atoms with Crippen LogP contribution in [-0.2, 0) is 21.9 Å². The van der Waals surface area contributed by atoms with Gasteiger partial charge in [0.2, 0.25) is 7.83 Å². The quantitative estimate of drug-likeness (QED) is 0.495. The maximum Gasteiger partial charge on any atom is 0.580 e.